The molecule has 0 aromatic rings. The van der Waals surface area contributed by atoms with E-state index in [9.17, 15) is 4.39 Å². The molecule has 0 N–H and O–H groups in total. The molecule has 0 aromatic heterocycles. The molecule has 0 saturated heterocycles. The standard InChI is InChI=1S/C6H8FN2O/c1-3-10-5-4(2)8-9-6(5)7/h3H2,1-2H3. The molecule has 10 heavy (non-hydrogen) atoms. The zero-order chi connectivity index (χ0) is 7.56. The molecule has 0 spiro atoms. The first-order valence-electron chi connectivity index (χ1n) is 3.04. The number of rotatable bonds is 2. The summed E-state index contributed by atoms with van der Waals surface area (Å²) in [5.74, 6) is -0.457. The maximum absolute atomic E-state index is 12.5. The Balaban J connectivity index is 2.69. The molecule has 3 nitrogen and oxygen atoms in total. The van der Waals surface area contributed by atoms with Crippen molar-refractivity contribution in [1.82, 2.24) is 5.43 Å². The van der Waals surface area contributed by atoms with E-state index in [1.807, 2.05) is 0 Å². The molecule has 1 rings (SSSR count). The third-order valence-electron chi connectivity index (χ3n) is 1.09. The highest BCUT2D eigenvalue weighted by atomic mass is 19.1. The summed E-state index contributed by atoms with van der Waals surface area (Å²) in [5.41, 5.74) is 3.69. The summed E-state index contributed by atoms with van der Waals surface area (Å²) in [4.78, 5) is 0. The summed E-state index contributed by atoms with van der Waals surface area (Å²) in [6.07, 6.45) is 0. The van der Waals surface area contributed by atoms with Crippen molar-refractivity contribution in [2.75, 3.05) is 6.61 Å². The normalized spacial score (nSPS) is 16.9. The Hall–Kier alpha value is -1.06. The molecule has 0 saturated carbocycles. The Morgan fingerprint density at radius 2 is 2.30 bits per heavy atom. The molecule has 0 unspecified atom stereocenters. The van der Waals surface area contributed by atoms with Crippen molar-refractivity contribution in [1.29, 1.82) is 0 Å². The highest BCUT2D eigenvalue weighted by molar-refractivity contribution is 5.97. The van der Waals surface area contributed by atoms with Crippen LogP contribution < -0.4 is 5.43 Å². The maximum Gasteiger partial charge on any atom is 0.276 e. The highest BCUT2D eigenvalue weighted by Gasteiger charge is 2.18. The van der Waals surface area contributed by atoms with Gasteiger partial charge in [-0.3, -0.25) is 0 Å². The number of halogens is 1. The van der Waals surface area contributed by atoms with E-state index in [1.165, 1.54) is 0 Å². The molecule has 0 aromatic carbocycles. The summed E-state index contributed by atoms with van der Waals surface area (Å²) >= 11 is 0. The van der Waals surface area contributed by atoms with Gasteiger partial charge in [0.15, 0.2) is 5.76 Å². The maximum atomic E-state index is 12.5. The molecule has 1 radical (unpaired) electrons. The Labute approximate surface area is 58.6 Å². The predicted molar refractivity (Wildman–Crippen MR) is 35.0 cm³/mol. The molecular formula is C6H8FN2O. The summed E-state index contributed by atoms with van der Waals surface area (Å²) in [5, 5.41) is 3.48. The van der Waals surface area contributed by atoms with Crippen LogP contribution in [0.25, 0.3) is 0 Å². The second-order valence-corrected chi connectivity index (χ2v) is 1.84. The molecule has 4 heteroatoms. The number of allylic oxidation sites excluding steroid dienone is 1. The molecule has 0 bridgehead atoms. The van der Waals surface area contributed by atoms with E-state index in [1.54, 1.807) is 13.8 Å². The Bertz CT molecular complexity index is 198. The summed E-state index contributed by atoms with van der Waals surface area (Å²) in [7, 11) is 0. The number of nitrogens with zero attached hydrogens (tertiary/aromatic N) is 2. The average molecular weight is 143 g/mol. The van der Waals surface area contributed by atoms with Gasteiger partial charge in [-0.05, 0) is 13.8 Å². The fraction of sp³-hybridized carbons (Fsp3) is 0.500. The van der Waals surface area contributed by atoms with E-state index < -0.39 is 5.95 Å². The van der Waals surface area contributed by atoms with E-state index in [-0.39, 0.29) is 5.76 Å². The van der Waals surface area contributed by atoms with Gasteiger partial charge in [0.2, 0.25) is 0 Å². The lowest BCUT2D eigenvalue weighted by Crippen LogP contribution is -1.99. The van der Waals surface area contributed by atoms with Crippen LogP contribution in [0.15, 0.2) is 16.8 Å². The molecule has 1 heterocycles. The predicted octanol–water partition coefficient (Wildman–Crippen LogP) is 1.16. The van der Waals surface area contributed by atoms with Gasteiger partial charge >= 0.3 is 0 Å². The van der Waals surface area contributed by atoms with Gasteiger partial charge in [-0.1, -0.05) is 0 Å². The monoisotopic (exact) mass is 143 g/mol. The van der Waals surface area contributed by atoms with Crippen LogP contribution in [-0.2, 0) is 4.74 Å². The molecule has 55 valence electrons. The van der Waals surface area contributed by atoms with Crippen LogP contribution in [0.4, 0.5) is 4.39 Å². The van der Waals surface area contributed by atoms with E-state index >= 15 is 0 Å². The van der Waals surface area contributed by atoms with Gasteiger partial charge in [0.1, 0.15) is 5.71 Å². The van der Waals surface area contributed by atoms with Crippen molar-refractivity contribution in [2.24, 2.45) is 5.10 Å². The molecule has 0 amide bonds. The van der Waals surface area contributed by atoms with Crippen LogP contribution in [0, 0.1) is 0 Å². The first-order valence-corrected chi connectivity index (χ1v) is 3.04. The second-order valence-electron chi connectivity index (χ2n) is 1.84. The van der Waals surface area contributed by atoms with Gasteiger partial charge in [-0.2, -0.15) is 4.39 Å². The van der Waals surface area contributed by atoms with Crippen molar-refractivity contribution >= 4 is 5.71 Å². The van der Waals surface area contributed by atoms with Crippen LogP contribution in [0.3, 0.4) is 0 Å². The van der Waals surface area contributed by atoms with E-state index in [2.05, 4.69) is 10.5 Å². The zero-order valence-electron chi connectivity index (χ0n) is 5.89. The van der Waals surface area contributed by atoms with Crippen LogP contribution in [-0.4, -0.2) is 12.3 Å². The minimum atomic E-state index is -0.626. The van der Waals surface area contributed by atoms with Crippen molar-refractivity contribution in [2.45, 2.75) is 13.8 Å². The van der Waals surface area contributed by atoms with Gasteiger partial charge in [0.05, 0.1) is 6.61 Å². The fourth-order valence-corrected chi connectivity index (χ4v) is 0.667. The van der Waals surface area contributed by atoms with Crippen molar-refractivity contribution < 1.29 is 9.13 Å². The quantitative estimate of drug-likeness (QED) is 0.534. The molecule has 0 fully saturated rings. The van der Waals surface area contributed by atoms with Gasteiger partial charge in [-0.15, -0.1) is 10.5 Å². The Morgan fingerprint density at radius 3 is 2.70 bits per heavy atom. The molecule has 0 atom stereocenters. The smallest absolute Gasteiger partial charge is 0.276 e. The van der Waals surface area contributed by atoms with Crippen LogP contribution in [0.5, 0.6) is 0 Å². The molecule has 0 aliphatic carbocycles. The van der Waals surface area contributed by atoms with Gasteiger partial charge < -0.3 is 4.74 Å². The zero-order valence-corrected chi connectivity index (χ0v) is 5.89. The van der Waals surface area contributed by atoms with E-state index in [4.69, 9.17) is 4.74 Å². The largest absolute Gasteiger partial charge is 0.487 e. The first kappa shape index (κ1) is 7.05. The lowest BCUT2D eigenvalue weighted by Gasteiger charge is -2.00. The van der Waals surface area contributed by atoms with Crippen molar-refractivity contribution in [3.05, 3.63) is 11.7 Å². The first-order chi connectivity index (χ1) is 4.75. The topological polar surface area (TPSA) is 35.7 Å². The SMILES string of the molecule is CCOC1=C(F)[N]N=C1C. The third kappa shape index (κ3) is 1.10. The van der Waals surface area contributed by atoms with Gasteiger partial charge in [0.25, 0.3) is 5.95 Å². The van der Waals surface area contributed by atoms with Crippen molar-refractivity contribution in [3.8, 4) is 0 Å². The van der Waals surface area contributed by atoms with Gasteiger partial charge in [-0.25, -0.2) is 0 Å². The second kappa shape index (κ2) is 2.68. The molecule has 1 aliphatic heterocycles. The number of ether oxygens (including phenoxy) is 1. The summed E-state index contributed by atoms with van der Waals surface area (Å²) in [6, 6.07) is 0. The lowest BCUT2D eigenvalue weighted by atomic mass is 10.4. The molecular weight excluding hydrogens is 135 g/mol. The van der Waals surface area contributed by atoms with Gasteiger partial charge in [0, 0.05) is 0 Å². The van der Waals surface area contributed by atoms with Crippen LogP contribution in [0.1, 0.15) is 13.8 Å². The third-order valence-corrected chi connectivity index (χ3v) is 1.09. The number of hydrogen-bond donors (Lipinski definition) is 0. The summed E-state index contributed by atoms with van der Waals surface area (Å²) < 4.78 is 17.4. The van der Waals surface area contributed by atoms with Crippen molar-refractivity contribution in [3.63, 3.8) is 0 Å². The van der Waals surface area contributed by atoms with E-state index in [0.717, 1.165) is 0 Å². The van der Waals surface area contributed by atoms with Crippen LogP contribution in [0.2, 0.25) is 0 Å². The molecule has 1 aliphatic rings. The van der Waals surface area contributed by atoms with E-state index in [0.29, 0.717) is 12.3 Å². The van der Waals surface area contributed by atoms with Crippen LogP contribution >= 0.6 is 0 Å². The minimum absolute atomic E-state index is 0.169. The summed E-state index contributed by atoms with van der Waals surface area (Å²) in [6.45, 7) is 3.87. The average Bonchev–Trinajstić information content (AvgIpc) is 2.20. The number of hydrogen-bond acceptors (Lipinski definition) is 2. The minimum Gasteiger partial charge on any atom is -0.487 e. The Kier molecular flexibility index (Phi) is 1.89. The fourth-order valence-electron chi connectivity index (χ4n) is 0.667. The highest BCUT2D eigenvalue weighted by Crippen LogP contribution is 2.14. The Morgan fingerprint density at radius 1 is 1.60 bits per heavy atom. The lowest BCUT2D eigenvalue weighted by molar-refractivity contribution is 0.237.